The fourth-order valence-corrected chi connectivity index (χ4v) is 2.39. The molecule has 0 saturated carbocycles. The summed E-state index contributed by atoms with van der Waals surface area (Å²) in [5, 5.41) is 11.4. The average Bonchev–Trinajstić information content (AvgIpc) is 2.39. The van der Waals surface area contributed by atoms with Gasteiger partial charge in [-0.25, -0.2) is 0 Å². The third kappa shape index (κ3) is 3.55. The van der Waals surface area contributed by atoms with E-state index in [4.69, 9.17) is 5.11 Å². The molecule has 3 nitrogen and oxygen atoms in total. The summed E-state index contributed by atoms with van der Waals surface area (Å²) < 4.78 is 0. The van der Waals surface area contributed by atoms with Crippen molar-refractivity contribution in [3.05, 3.63) is 48.0 Å². The number of aliphatic carboxylic acids is 1. The number of hydrogen-bond donors (Lipinski definition) is 1. The molecule has 0 radical (unpaired) electrons. The molecule has 0 unspecified atom stereocenters. The third-order valence-corrected chi connectivity index (χ3v) is 3.17. The van der Waals surface area contributed by atoms with E-state index in [2.05, 4.69) is 31.2 Å². The SMILES string of the molecule is CCCN(CC(=O)O)Cc1cccc2ccccc12. The zero-order valence-corrected chi connectivity index (χ0v) is 11.2. The largest absolute Gasteiger partial charge is 0.480 e. The number of carbonyl (C=O) groups is 1. The molecule has 0 heterocycles. The Labute approximate surface area is 113 Å². The van der Waals surface area contributed by atoms with E-state index in [9.17, 15) is 4.79 Å². The van der Waals surface area contributed by atoms with Crippen LogP contribution in [0.3, 0.4) is 0 Å². The Morgan fingerprint density at radius 3 is 2.63 bits per heavy atom. The highest BCUT2D eigenvalue weighted by Gasteiger charge is 2.10. The van der Waals surface area contributed by atoms with E-state index in [1.807, 2.05) is 23.1 Å². The lowest BCUT2D eigenvalue weighted by molar-refractivity contribution is -0.138. The molecule has 0 saturated heterocycles. The molecule has 0 amide bonds. The summed E-state index contributed by atoms with van der Waals surface area (Å²) in [5.41, 5.74) is 1.19. The maximum absolute atomic E-state index is 10.9. The van der Waals surface area contributed by atoms with Gasteiger partial charge in [0.2, 0.25) is 0 Å². The second-order valence-electron chi connectivity index (χ2n) is 4.74. The zero-order valence-electron chi connectivity index (χ0n) is 11.2. The van der Waals surface area contributed by atoms with Crippen molar-refractivity contribution in [2.75, 3.05) is 13.1 Å². The molecule has 2 aromatic carbocycles. The van der Waals surface area contributed by atoms with Crippen LogP contribution in [-0.2, 0) is 11.3 Å². The number of fused-ring (bicyclic) bond motifs is 1. The summed E-state index contributed by atoms with van der Waals surface area (Å²) in [5.74, 6) is -0.770. The Morgan fingerprint density at radius 2 is 1.89 bits per heavy atom. The first-order valence-corrected chi connectivity index (χ1v) is 6.61. The normalized spacial score (nSPS) is 11.1. The number of benzene rings is 2. The number of hydrogen-bond acceptors (Lipinski definition) is 2. The van der Waals surface area contributed by atoms with E-state index >= 15 is 0 Å². The fraction of sp³-hybridized carbons (Fsp3) is 0.312. The number of nitrogens with zero attached hydrogens (tertiary/aromatic N) is 1. The molecule has 0 aliphatic carbocycles. The second-order valence-corrected chi connectivity index (χ2v) is 4.74. The van der Waals surface area contributed by atoms with Crippen molar-refractivity contribution < 1.29 is 9.90 Å². The van der Waals surface area contributed by atoms with Gasteiger partial charge in [0, 0.05) is 6.54 Å². The quantitative estimate of drug-likeness (QED) is 0.864. The van der Waals surface area contributed by atoms with Crippen molar-refractivity contribution in [1.29, 1.82) is 0 Å². The highest BCUT2D eigenvalue weighted by atomic mass is 16.4. The Kier molecular flexibility index (Phi) is 4.53. The minimum absolute atomic E-state index is 0.0943. The van der Waals surface area contributed by atoms with Crippen LogP contribution in [0.25, 0.3) is 10.8 Å². The minimum Gasteiger partial charge on any atom is -0.480 e. The summed E-state index contributed by atoms with van der Waals surface area (Å²) in [4.78, 5) is 12.9. The van der Waals surface area contributed by atoms with Gasteiger partial charge in [-0.1, -0.05) is 49.4 Å². The monoisotopic (exact) mass is 257 g/mol. The summed E-state index contributed by atoms with van der Waals surface area (Å²) in [6.07, 6.45) is 0.956. The van der Waals surface area contributed by atoms with E-state index in [0.717, 1.165) is 13.0 Å². The zero-order chi connectivity index (χ0) is 13.7. The number of rotatable bonds is 6. The van der Waals surface area contributed by atoms with Crippen molar-refractivity contribution in [2.24, 2.45) is 0 Å². The number of carboxylic acid groups (broad SMARTS) is 1. The highest BCUT2D eigenvalue weighted by Crippen LogP contribution is 2.20. The average molecular weight is 257 g/mol. The lowest BCUT2D eigenvalue weighted by Gasteiger charge is -2.20. The van der Waals surface area contributed by atoms with E-state index in [1.54, 1.807) is 0 Å². The predicted molar refractivity (Wildman–Crippen MR) is 77.2 cm³/mol. The van der Waals surface area contributed by atoms with Gasteiger partial charge in [-0.2, -0.15) is 0 Å². The van der Waals surface area contributed by atoms with E-state index in [-0.39, 0.29) is 6.54 Å². The van der Waals surface area contributed by atoms with Gasteiger partial charge < -0.3 is 5.11 Å². The Balaban J connectivity index is 2.25. The molecule has 0 aliphatic rings. The summed E-state index contributed by atoms with van der Waals surface area (Å²) >= 11 is 0. The molecule has 2 rings (SSSR count). The van der Waals surface area contributed by atoms with Gasteiger partial charge in [0.05, 0.1) is 6.54 Å². The molecule has 0 spiro atoms. The van der Waals surface area contributed by atoms with E-state index < -0.39 is 5.97 Å². The second kappa shape index (κ2) is 6.34. The van der Waals surface area contributed by atoms with Crippen LogP contribution in [-0.4, -0.2) is 29.1 Å². The Morgan fingerprint density at radius 1 is 1.16 bits per heavy atom. The molecule has 2 aromatic rings. The smallest absolute Gasteiger partial charge is 0.317 e. The molecule has 100 valence electrons. The van der Waals surface area contributed by atoms with Crippen molar-refractivity contribution in [3.8, 4) is 0 Å². The van der Waals surface area contributed by atoms with Crippen molar-refractivity contribution in [3.63, 3.8) is 0 Å². The van der Waals surface area contributed by atoms with Crippen LogP contribution in [0.4, 0.5) is 0 Å². The Hall–Kier alpha value is -1.87. The first-order chi connectivity index (χ1) is 9.20. The topological polar surface area (TPSA) is 40.5 Å². The van der Waals surface area contributed by atoms with Gasteiger partial charge in [0.25, 0.3) is 0 Å². The summed E-state index contributed by atoms with van der Waals surface area (Å²) in [7, 11) is 0. The van der Waals surface area contributed by atoms with Crippen LogP contribution in [0, 0.1) is 0 Å². The fourth-order valence-electron chi connectivity index (χ4n) is 2.39. The van der Waals surface area contributed by atoms with Gasteiger partial charge in [-0.15, -0.1) is 0 Å². The predicted octanol–water partition coefficient (Wildman–Crippen LogP) is 3.14. The van der Waals surface area contributed by atoms with Gasteiger partial charge in [-0.05, 0) is 29.3 Å². The first kappa shape index (κ1) is 13.6. The van der Waals surface area contributed by atoms with Crippen LogP contribution in [0.5, 0.6) is 0 Å². The molecule has 19 heavy (non-hydrogen) atoms. The van der Waals surface area contributed by atoms with Crippen molar-refractivity contribution >= 4 is 16.7 Å². The maximum atomic E-state index is 10.9. The van der Waals surface area contributed by atoms with Gasteiger partial charge in [-0.3, -0.25) is 9.69 Å². The summed E-state index contributed by atoms with van der Waals surface area (Å²) in [6, 6.07) is 14.4. The van der Waals surface area contributed by atoms with Gasteiger partial charge in [0.1, 0.15) is 0 Å². The standard InChI is InChI=1S/C16H19NO2/c1-2-10-17(12-16(18)19)11-14-8-5-7-13-6-3-4-9-15(13)14/h3-9H,2,10-12H2,1H3,(H,18,19). The molecule has 0 bridgehead atoms. The van der Waals surface area contributed by atoms with E-state index in [1.165, 1.54) is 16.3 Å². The lowest BCUT2D eigenvalue weighted by Crippen LogP contribution is -2.30. The van der Waals surface area contributed by atoms with Crippen LogP contribution in [0.15, 0.2) is 42.5 Å². The van der Waals surface area contributed by atoms with Crippen LogP contribution in [0.1, 0.15) is 18.9 Å². The first-order valence-electron chi connectivity index (χ1n) is 6.61. The molecular weight excluding hydrogens is 238 g/mol. The van der Waals surface area contributed by atoms with Crippen LogP contribution in [0.2, 0.25) is 0 Å². The molecule has 0 fully saturated rings. The molecule has 3 heteroatoms. The van der Waals surface area contributed by atoms with Crippen molar-refractivity contribution in [2.45, 2.75) is 19.9 Å². The van der Waals surface area contributed by atoms with E-state index in [0.29, 0.717) is 6.54 Å². The Bertz CT molecular complexity index is 560. The molecule has 0 aromatic heterocycles. The van der Waals surface area contributed by atoms with Gasteiger partial charge in [0.15, 0.2) is 0 Å². The third-order valence-electron chi connectivity index (χ3n) is 3.17. The minimum atomic E-state index is -0.770. The van der Waals surface area contributed by atoms with Crippen LogP contribution < -0.4 is 0 Å². The molecule has 0 aliphatic heterocycles. The molecule has 1 N–H and O–H groups in total. The van der Waals surface area contributed by atoms with Crippen molar-refractivity contribution in [1.82, 2.24) is 4.90 Å². The summed E-state index contributed by atoms with van der Waals surface area (Å²) in [6.45, 7) is 3.64. The van der Waals surface area contributed by atoms with Crippen LogP contribution >= 0.6 is 0 Å². The highest BCUT2D eigenvalue weighted by molar-refractivity contribution is 5.85. The molecular formula is C16H19NO2. The number of carboxylic acids is 1. The lowest BCUT2D eigenvalue weighted by atomic mass is 10.0. The maximum Gasteiger partial charge on any atom is 0.317 e. The molecule has 0 atom stereocenters. The van der Waals surface area contributed by atoms with Gasteiger partial charge >= 0.3 is 5.97 Å².